The van der Waals surface area contributed by atoms with Gasteiger partial charge in [0, 0.05) is 13.1 Å². The molecule has 4 nitrogen and oxygen atoms in total. The highest BCUT2D eigenvalue weighted by atomic mass is 79.9. The average Bonchev–Trinajstić information content (AvgIpc) is 2.90. The number of benzene rings is 1. The summed E-state index contributed by atoms with van der Waals surface area (Å²) < 4.78 is 11.2. The zero-order valence-electron chi connectivity index (χ0n) is 11.9. The number of rotatable bonds is 5. The first-order chi connectivity index (χ1) is 10.1. The number of methoxy groups -OCH3 is 1. The molecule has 0 unspecified atom stereocenters. The minimum absolute atomic E-state index is 0.0923. The van der Waals surface area contributed by atoms with Crippen LogP contribution in [-0.2, 0) is 11.3 Å². The number of halogens is 1. The second kappa shape index (κ2) is 7.13. The maximum Gasteiger partial charge on any atom is 0.246 e. The predicted molar refractivity (Wildman–Crippen MR) is 84.9 cm³/mol. The van der Waals surface area contributed by atoms with Crippen LogP contribution in [0.4, 0.5) is 0 Å². The van der Waals surface area contributed by atoms with Crippen LogP contribution < -0.4 is 4.74 Å². The standard InChI is InChI=1S/C16H16BrNO3/c1-18(11-14-7-8-15(17)21-14)16(19)9-6-12-4-3-5-13(10-12)20-2/h3-10H,11H2,1-2H3/b9-6+. The van der Waals surface area contributed by atoms with Crippen molar-refractivity contribution in [3.63, 3.8) is 0 Å². The summed E-state index contributed by atoms with van der Waals surface area (Å²) in [7, 11) is 3.35. The topological polar surface area (TPSA) is 42.7 Å². The highest BCUT2D eigenvalue weighted by Gasteiger charge is 2.08. The summed E-state index contributed by atoms with van der Waals surface area (Å²) in [5.74, 6) is 1.40. The van der Waals surface area contributed by atoms with Crippen molar-refractivity contribution in [1.29, 1.82) is 0 Å². The highest BCUT2D eigenvalue weighted by molar-refractivity contribution is 9.10. The van der Waals surface area contributed by atoms with Gasteiger partial charge in [-0.1, -0.05) is 12.1 Å². The van der Waals surface area contributed by atoms with Crippen LogP contribution in [0.3, 0.4) is 0 Å². The van der Waals surface area contributed by atoms with E-state index < -0.39 is 0 Å². The molecule has 0 radical (unpaired) electrons. The van der Waals surface area contributed by atoms with Gasteiger partial charge in [0.15, 0.2) is 4.67 Å². The third-order valence-corrected chi connectivity index (χ3v) is 3.34. The summed E-state index contributed by atoms with van der Waals surface area (Å²) in [6, 6.07) is 11.2. The lowest BCUT2D eigenvalue weighted by Gasteiger charge is -2.13. The van der Waals surface area contributed by atoms with Crippen LogP contribution in [0.5, 0.6) is 5.75 Å². The summed E-state index contributed by atoms with van der Waals surface area (Å²) in [6.07, 6.45) is 3.30. The van der Waals surface area contributed by atoms with E-state index in [9.17, 15) is 4.79 Å². The molecule has 0 aliphatic heterocycles. The number of carbonyl (C=O) groups is 1. The second-order valence-corrected chi connectivity index (χ2v) is 5.29. The monoisotopic (exact) mass is 349 g/mol. The van der Waals surface area contributed by atoms with Gasteiger partial charge >= 0.3 is 0 Å². The fourth-order valence-electron chi connectivity index (χ4n) is 1.79. The molecule has 0 saturated heterocycles. The van der Waals surface area contributed by atoms with Crippen molar-refractivity contribution in [2.75, 3.05) is 14.2 Å². The van der Waals surface area contributed by atoms with Crippen LogP contribution >= 0.6 is 15.9 Å². The second-order valence-electron chi connectivity index (χ2n) is 4.51. The van der Waals surface area contributed by atoms with E-state index in [-0.39, 0.29) is 5.91 Å². The van der Waals surface area contributed by atoms with Crippen LogP contribution in [0.2, 0.25) is 0 Å². The summed E-state index contributed by atoms with van der Waals surface area (Å²) in [5.41, 5.74) is 0.914. The third-order valence-electron chi connectivity index (χ3n) is 2.91. The summed E-state index contributed by atoms with van der Waals surface area (Å²) in [5, 5.41) is 0. The quantitative estimate of drug-likeness (QED) is 0.772. The van der Waals surface area contributed by atoms with Crippen molar-refractivity contribution in [1.82, 2.24) is 4.90 Å². The molecule has 5 heteroatoms. The molecule has 2 rings (SSSR count). The molecule has 2 aromatic rings. The first-order valence-corrected chi connectivity index (χ1v) is 7.19. The van der Waals surface area contributed by atoms with Gasteiger partial charge in [0.25, 0.3) is 0 Å². The smallest absolute Gasteiger partial charge is 0.246 e. The lowest BCUT2D eigenvalue weighted by atomic mass is 10.2. The molecular weight excluding hydrogens is 334 g/mol. The SMILES string of the molecule is COc1cccc(/C=C/C(=O)N(C)Cc2ccc(Br)o2)c1. The van der Waals surface area contributed by atoms with E-state index in [1.165, 1.54) is 6.08 Å². The number of hydrogen-bond donors (Lipinski definition) is 0. The summed E-state index contributed by atoms with van der Waals surface area (Å²) >= 11 is 3.24. The number of amides is 1. The molecule has 1 aromatic heterocycles. The van der Waals surface area contributed by atoms with Gasteiger partial charge in [-0.2, -0.15) is 0 Å². The summed E-state index contributed by atoms with van der Waals surface area (Å²) in [6.45, 7) is 0.423. The Hall–Kier alpha value is -2.01. The van der Waals surface area contributed by atoms with E-state index in [1.807, 2.05) is 30.3 Å². The Labute approximate surface area is 132 Å². The molecule has 0 aliphatic carbocycles. The van der Waals surface area contributed by atoms with Crippen molar-refractivity contribution in [2.24, 2.45) is 0 Å². The average molecular weight is 350 g/mol. The molecule has 1 amide bonds. The van der Waals surface area contributed by atoms with Crippen molar-refractivity contribution < 1.29 is 13.9 Å². The maximum absolute atomic E-state index is 12.0. The lowest BCUT2D eigenvalue weighted by molar-refractivity contribution is -0.125. The van der Waals surface area contributed by atoms with Crippen LogP contribution in [0.15, 0.2) is 51.6 Å². The normalized spacial score (nSPS) is 10.8. The Bertz CT molecular complexity index is 648. The number of nitrogens with zero attached hydrogens (tertiary/aromatic N) is 1. The summed E-state index contributed by atoms with van der Waals surface area (Å²) in [4.78, 5) is 13.6. The lowest BCUT2D eigenvalue weighted by Crippen LogP contribution is -2.23. The Morgan fingerprint density at radius 2 is 2.19 bits per heavy atom. The molecule has 0 saturated carbocycles. The van der Waals surface area contributed by atoms with Crippen molar-refractivity contribution in [3.05, 3.63) is 58.5 Å². The van der Waals surface area contributed by atoms with Gasteiger partial charge in [0.05, 0.1) is 13.7 Å². The van der Waals surface area contributed by atoms with Gasteiger partial charge in [-0.3, -0.25) is 4.79 Å². The van der Waals surface area contributed by atoms with Gasteiger partial charge in [-0.25, -0.2) is 0 Å². The van der Waals surface area contributed by atoms with Gasteiger partial charge in [-0.15, -0.1) is 0 Å². The van der Waals surface area contributed by atoms with Gasteiger partial charge in [0.2, 0.25) is 5.91 Å². The molecular formula is C16H16BrNO3. The third kappa shape index (κ3) is 4.49. The van der Waals surface area contributed by atoms with Crippen LogP contribution in [0, 0.1) is 0 Å². The molecule has 110 valence electrons. The fourth-order valence-corrected chi connectivity index (χ4v) is 2.13. The molecule has 1 heterocycles. The van der Waals surface area contributed by atoms with Crippen molar-refractivity contribution in [2.45, 2.75) is 6.54 Å². The van der Waals surface area contributed by atoms with E-state index in [2.05, 4.69) is 15.9 Å². The zero-order valence-corrected chi connectivity index (χ0v) is 13.5. The van der Waals surface area contributed by atoms with Gasteiger partial charge < -0.3 is 14.1 Å². The molecule has 1 aromatic carbocycles. The van der Waals surface area contributed by atoms with Crippen molar-refractivity contribution in [3.8, 4) is 5.75 Å². The number of furan rings is 1. The molecule has 0 bridgehead atoms. The molecule has 21 heavy (non-hydrogen) atoms. The maximum atomic E-state index is 12.0. The van der Waals surface area contributed by atoms with E-state index in [1.54, 1.807) is 31.2 Å². The van der Waals surface area contributed by atoms with Gasteiger partial charge in [-0.05, 0) is 51.8 Å². The first-order valence-electron chi connectivity index (χ1n) is 6.40. The fraction of sp³-hybridized carbons (Fsp3) is 0.188. The van der Waals surface area contributed by atoms with Crippen LogP contribution in [0.25, 0.3) is 6.08 Å². The Morgan fingerprint density at radius 1 is 1.38 bits per heavy atom. The van der Waals surface area contributed by atoms with E-state index in [0.717, 1.165) is 17.1 Å². The molecule has 0 atom stereocenters. The van der Waals surface area contributed by atoms with E-state index in [0.29, 0.717) is 11.2 Å². The number of carbonyl (C=O) groups excluding carboxylic acids is 1. The minimum Gasteiger partial charge on any atom is -0.497 e. The molecule has 0 aliphatic rings. The highest BCUT2D eigenvalue weighted by Crippen LogP contribution is 2.16. The van der Waals surface area contributed by atoms with Crippen molar-refractivity contribution >= 4 is 27.9 Å². The first kappa shape index (κ1) is 15.4. The largest absolute Gasteiger partial charge is 0.497 e. The number of likely N-dealkylation sites (N-methyl/N-ethyl adjacent to an activating group) is 1. The number of ether oxygens (including phenoxy) is 1. The van der Waals surface area contributed by atoms with E-state index >= 15 is 0 Å². The minimum atomic E-state index is -0.0923. The van der Waals surface area contributed by atoms with Crippen LogP contribution in [-0.4, -0.2) is 25.0 Å². The molecule has 0 spiro atoms. The van der Waals surface area contributed by atoms with Gasteiger partial charge in [0.1, 0.15) is 11.5 Å². The Balaban J connectivity index is 1.97. The Kier molecular flexibility index (Phi) is 5.22. The Morgan fingerprint density at radius 3 is 2.86 bits per heavy atom. The number of hydrogen-bond acceptors (Lipinski definition) is 3. The van der Waals surface area contributed by atoms with Crippen LogP contribution in [0.1, 0.15) is 11.3 Å². The zero-order chi connectivity index (χ0) is 15.2. The van der Waals surface area contributed by atoms with E-state index in [4.69, 9.17) is 9.15 Å². The molecule has 0 fully saturated rings. The predicted octanol–water partition coefficient (Wildman–Crippen LogP) is 3.72. The molecule has 0 N–H and O–H groups in total.